The Morgan fingerprint density at radius 2 is 2.00 bits per heavy atom. The third-order valence-corrected chi connectivity index (χ3v) is 3.70. The van der Waals surface area contributed by atoms with Gasteiger partial charge < -0.3 is 10.5 Å². The number of morpholine rings is 1. The zero-order valence-electron chi connectivity index (χ0n) is 11.9. The topological polar surface area (TPSA) is 38.5 Å². The first-order valence-corrected chi connectivity index (χ1v) is 6.87. The number of halogens is 1. The first-order chi connectivity index (χ1) is 9.01. The lowest BCUT2D eigenvalue weighted by Gasteiger charge is -2.40. The standard InChI is InChI=1S/C15H23FN2O/c1-10-6-13(16)4-5-14(10)15(7-17)18-8-11(2)19-12(3)9-18/h4-6,11-12,15H,7-9,17H2,1-3H3/t11-,12+,15?. The van der Waals surface area contributed by atoms with E-state index in [1.54, 1.807) is 6.07 Å². The molecule has 1 aromatic rings. The number of benzene rings is 1. The Hall–Kier alpha value is -0.970. The van der Waals surface area contributed by atoms with Crippen molar-refractivity contribution in [2.45, 2.75) is 39.0 Å². The van der Waals surface area contributed by atoms with Crippen LogP contribution in [0.2, 0.25) is 0 Å². The van der Waals surface area contributed by atoms with E-state index in [4.69, 9.17) is 10.5 Å². The molecular formula is C15H23FN2O. The van der Waals surface area contributed by atoms with Crippen molar-refractivity contribution < 1.29 is 9.13 Å². The first-order valence-electron chi connectivity index (χ1n) is 6.87. The molecule has 1 saturated heterocycles. The first kappa shape index (κ1) is 14.4. The summed E-state index contributed by atoms with van der Waals surface area (Å²) in [5.74, 6) is -0.194. The Balaban J connectivity index is 2.23. The van der Waals surface area contributed by atoms with Crippen molar-refractivity contribution in [2.75, 3.05) is 19.6 Å². The minimum atomic E-state index is -0.194. The number of aryl methyl sites for hydroxylation is 1. The molecule has 0 aliphatic carbocycles. The van der Waals surface area contributed by atoms with Gasteiger partial charge in [0.2, 0.25) is 0 Å². The monoisotopic (exact) mass is 266 g/mol. The van der Waals surface area contributed by atoms with Gasteiger partial charge in [0.05, 0.1) is 12.2 Å². The zero-order chi connectivity index (χ0) is 14.0. The second-order valence-corrected chi connectivity index (χ2v) is 5.46. The molecule has 0 spiro atoms. The second-order valence-electron chi connectivity index (χ2n) is 5.46. The van der Waals surface area contributed by atoms with Crippen molar-refractivity contribution in [1.29, 1.82) is 0 Å². The van der Waals surface area contributed by atoms with Gasteiger partial charge in [-0.3, -0.25) is 4.90 Å². The number of rotatable bonds is 3. The average molecular weight is 266 g/mol. The number of nitrogens with two attached hydrogens (primary N) is 1. The molecule has 1 aliphatic heterocycles. The summed E-state index contributed by atoms with van der Waals surface area (Å²) in [7, 11) is 0. The van der Waals surface area contributed by atoms with Crippen molar-refractivity contribution in [3.63, 3.8) is 0 Å². The van der Waals surface area contributed by atoms with Gasteiger partial charge in [0.1, 0.15) is 5.82 Å². The highest BCUT2D eigenvalue weighted by atomic mass is 19.1. The highest BCUT2D eigenvalue weighted by Gasteiger charge is 2.28. The molecule has 2 rings (SSSR count). The molecule has 1 aromatic carbocycles. The van der Waals surface area contributed by atoms with Crippen LogP contribution in [0.4, 0.5) is 4.39 Å². The maximum Gasteiger partial charge on any atom is 0.123 e. The van der Waals surface area contributed by atoms with E-state index in [-0.39, 0.29) is 24.1 Å². The summed E-state index contributed by atoms with van der Waals surface area (Å²) >= 11 is 0. The summed E-state index contributed by atoms with van der Waals surface area (Å²) in [5, 5.41) is 0. The number of hydrogen-bond acceptors (Lipinski definition) is 3. The second kappa shape index (κ2) is 5.99. The van der Waals surface area contributed by atoms with E-state index >= 15 is 0 Å². The van der Waals surface area contributed by atoms with Crippen LogP contribution in [0.5, 0.6) is 0 Å². The van der Waals surface area contributed by atoms with E-state index in [0.717, 1.165) is 24.2 Å². The maximum absolute atomic E-state index is 13.2. The summed E-state index contributed by atoms with van der Waals surface area (Å²) in [5.41, 5.74) is 8.03. The van der Waals surface area contributed by atoms with Gasteiger partial charge in [-0.05, 0) is 44.0 Å². The van der Waals surface area contributed by atoms with Crippen LogP contribution in [-0.4, -0.2) is 36.7 Å². The van der Waals surface area contributed by atoms with Gasteiger partial charge in [0.15, 0.2) is 0 Å². The highest BCUT2D eigenvalue weighted by molar-refractivity contribution is 5.30. The van der Waals surface area contributed by atoms with E-state index in [1.165, 1.54) is 6.07 Å². The van der Waals surface area contributed by atoms with Gasteiger partial charge in [-0.1, -0.05) is 6.07 Å². The molecule has 0 radical (unpaired) electrons. The molecule has 0 bridgehead atoms. The van der Waals surface area contributed by atoms with Crippen LogP contribution in [-0.2, 0) is 4.74 Å². The van der Waals surface area contributed by atoms with Crippen molar-refractivity contribution in [2.24, 2.45) is 5.73 Å². The van der Waals surface area contributed by atoms with Gasteiger partial charge in [-0.25, -0.2) is 4.39 Å². The minimum Gasteiger partial charge on any atom is -0.373 e. The Kier molecular flexibility index (Phi) is 4.55. The fraction of sp³-hybridized carbons (Fsp3) is 0.600. The van der Waals surface area contributed by atoms with E-state index in [9.17, 15) is 4.39 Å². The van der Waals surface area contributed by atoms with Crippen LogP contribution >= 0.6 is 0 Å². The lowest BCUT2D eigenvalue weighted by atomic mass is 9.98. The van der Waals surface area contributed by atoms with E-state index in [2.05, 4.69) is 18.7 Å². The fourth-order valence-corrected chi connectivity index (χ4v) is 2.96. The Morgan fingerprint density at radius 1 is 1.37 bits per heavy atom. The van der Waals surface area contributed by atoms with Gasteiger partial charge >= 0.3 is 0 Å². The van der Waals surface area contributed by atoms with Crippen molar-refractivity contribution >= 4 is 0 Å². The predicted octanol–water partition coefficient (Wildman–Crippen LogP) is 2.24. The van der Waals surface area contributed by atoms with Crippen molar-refractivity contribution in [3.05, 3.63) is 35.1 Å². The van der Waals surface area contributed by atoms with E-state index in [0.29, 0.717) is 6.54 Å². The Morgan fingerprint density at radius 3 is 2.53 bits per heavy atom. The molecule has 1 aliphatic rings. The third-order valence-electron chi connectivity index (χ3n) is 3.70. The summed E-state index contributed by atoms with van der Waals surface area (Å²) < 4.78 is 19.0. The molecule has 1 fully saturated rings. The molecule has 3 nitrogen and oxygen atoms in total. The molecular weight excluding hydrogens is 243 g/mol. The number of ether oxygens (including phenoxy) is 1. The summed E-state index contributed by atoms with van der Waals surface area (Å²) in [6, 6.07) is 5.07. The Labute approximate surface area is 114 Å². The van der Waals surface area contributed by atoms with E-state index < -0.39 is 0 Å². The molecule has 19 heavy (non-hydrogen) atoms. The third kappa shape index (κ3) is 3.32. The van der Waals surface area contributed by atoms with Crippen molar-refractivity contribution in [1.82, 2.24) is 4.90 Å². The lowest BCUT2D eigenvalue weighted by molar-refractivity contribution is -0.0800. The predicted molar refractivity (Wildman–Crippen MR) is 74.5 cm³/mol. The molecule has 3 atom stereocenters. The number of hydrogen-bond donors (Lipinski definition) is 1. The van der Waals surface area contributed by atoms with Gasteiger partial charge in [0, 0.05) is 25.7 Å². The van der Waals surface area contributed by atoms with Crippen LogP contribution in [0.15, 0.2) is 18.2 Å². The SMILES string of the molecule is Cc1cc(F)ccc1C(CN)N1C[C@@H](C)O[C@@H](C)C1. The normalized spacial score (nSPS) is 26.4. The Bertz CT molecular complexity index is 428. The molecule has 0 amide bonds. The summed E-state index contributed by atoms with van der Waals surface area (Å²) in [6.45, 7) is 8.36. The fourth-order valence-electron chi connectivity index (χ4n) is 2.96. The molecule has 0 saturated carbocycles. The van der Waals surface area contributed by atoms with Gasteiger partial charge in [-0.2, -0.15) is 0 Å². The average Bonchev–Trinajstić information content (AvgIpc) is 2.31. The quantitative estimate of drug-likeness (QED) is 0.912. The smallest absolute Gasteiger partial charge is 0.123 e. The summed E-state index contributed by atoms with van der Waals surface area (Å²) in [4.78, 5) is 2.35. The largest absolute Gasteiger partial charge is 0.373 e. The number of nitrogens with zero attached hydrogens (tertiary/aromatic N) is 1. The molecule has 1 unspecified atom stereocenters. The van der Waals surface area contributed by atoms with Gasteiger partial charge in [-0.15, -0.1) is 0 Å². The van der Waals surface area contributed by atoms with Crippen LogP contribution in [0.3, 0.4) is 0 Å². The van der Waals surface area contributed by atoms with Crippen molar-refractivity contribution in [3.8, 4) is 0 Å². The zero-order valence-corrected chi connectivity index (χ0v) is 11.9. The molecule has 106 valence electrons. The molecule has 2 N–H and O–H groups in total. The van der Waals surface area contributed by atoms with Crippen LogP contribution in [0.1, 0.15) is 31.0 Å². The van der Waals surface area contributed by atoms with Crippen LogP contribution < -0.4 is 5.73 Å². The maximum atomic E-state index is 13.2. The van der Waals surface area contributed by atoms with E-state index in [1.807, 2.05) is 13.0 Å². The minimum absolute atomic E-state index is 0.134. The summed E-state index contributed by atoms with van der Waals surface area (Å²) in [6.07, 6.45) is 0.414. The molecule has 0 aromatic heterocycles. The van der Waals surface area contributed by atoms with Gasteiger partial charge in [0.25, 0.3) is 0 Å². The molecule has 1 heterocycles. The van der Waals surface area contributed by atoms with Crippen LogP contribution in [0, 0.1) is 12.7 Å². The lowest BCUT2D eigenvalue weighted by Crippen LogP contribution is -2.48. The highest BCUT2D eigenvalue weighted by Crippen LogP contribution is 2.26. The molecule has 4 heteroatoms. The van der Waals surface area contributed by atoms with Crippen LogP contribution in [0.25, 0.3) is 0 Å².